The minimum atomic E-state index is -0.472. The Kier molecular flexibility index (Phi) is 18.3. The van der Waals surface area contributed by atoms with Gasteiger partial charge in [-0.3, -0.25) is 0 Å². The zero-order chi connectivity index (χ0) is 14.8. The number of phenolic OH excluding ortho intramolecular Hbond substituents is 1. The van der Waals surface area contributed by atoms with Gasteiger partial charge >= 0.3 is 35.3 Å². The Morgan fingerprint density at radius 3 is 2.24 bits per heavy atom. The number of aromatic hydroxyl groups is 1. The van der Waals surface area contributed by atoms with Gasteiger partial charge < -0.3 is 17.4 Å². The third kappa shape index (κ3) is 12.2. The zero-order valence-corrected chi connectivity index (χ0v) is 17.0. The van der Waals surface area contributed by atoms with Crippen molar-refractivity contribution in [3.05, 3.63) is 41.0 Å². The van der Waals surface area contributed by atoms with Crippen molar-refractivity contribution in [2.24, 2.45) is 0 Å². The number of halogens is 2. The molecule has 0 aliphatic carbocycles. The van der Waals surface area contributed by atoms with Crippen LogP contribution >= 0.6 is 18.8 Å². The first-order valence-electron chi connectivity index (χ1n) is 6.17. The molecule has 0 radical (unpaired) electrons. The molecule has 0 fully saturated rings. The molecule has 7 N–H and O–H groups in total. The van der Waals surface area contributed by atoms with Crippen LogP contribution in [0.4, 0.5) is 0 Å². The van der Waals surface area contributed by atoms with Gasteiger partial charge in [0.15, 0.2) is 0 Å². The molecule has 0 bridgehead atoms. The van der Waals surface area contributed by atoms with Gasteiger partial charge in [-0.2, -0.15) is 0 Å². The first-order valence-corrected chi connectivity index (χ1v) is 11.8. The molecule has 128 valence electrons. The molecule has 0 amide bonds. The molecular weight excluding hydrogens is 490 g/mol. The van der Waals surface area contributed by atoms with Gasteiger partial charge in [0.05, 0.1) is 0 Å². The van der Waals surface area contributed by atoms with Crippen molar-refractivity contribution in [1.82, 2.24) is 12.3 Å². The van der Waals surface area contributed by atoms with E-state index in [0.717, 1.165) is 18.4 Å². The van der Waals surface area contributed by atoms with Crippen LogP contribution in [0.1, 0.15) is 50.7 Å². The van der Waals surface area contributed by atoms with Crippen LogP contribution in [-0.4, -0.2) is 5.11 Å². The third-order valence-electron chi connectivity index (χ3n) is 2.95. The zero-order valence-electron chi connectivity index (χ0n) is 13.2. The monoisotopic (exact) mass is 517 g/mol. The van der Waals surface area contributed by atoms with Gasteiger partial charge in [0.2, 0.25) is 0 Å². The molecular formula is C15H28Cl2N2OPt. The maximum absolute atomic E-state index is 9.65. The second kappa shape index (κ2) is 14.9. The van der Waals surface area contributed by atoms with Crippen LogP contribution in [0.2, 0.25) is 0 Å². The second-order valence-electron chi connectivity index (χ2n) is 4.85. The van der Waals surface area contributed by atoms with E-state index in [4.69, 9.17) is 18.8 Å². The molecule has 0 unspecified atom stereocenters. The van der Waals surface area contributed by atoms with Crippen molar-refractivity contribution in [2.45, 2.75) is 46.5 Å². The van der Waals surface area contributed by atoms with E-state index in [-0.39, 0.29) is 12.3 Å². The van der Waals surface area contributed by atoms with Crippen LogP contribution in [-0.2, 0) is 16.5 Å². The summed E-state index contributed by atoms with van der Waals surface area (Å²) in [4.78, 5) is 0. The van der Waals surface area contributed by atoms with Gasteiger partial charge in [-0.15, -0.1) is 0 Å². The molecule has 3 nitrogen and oxygen atoms in total. The number of allylic oxidation sites excluding steroid dienone is 2. The summed E-state index contributed by atoms with van der Waals surface area (Å²) < 4.78 is 0. The number of rotatable bonds is 4. The van der Waals surface area contributed by atoms with E-state index in [1.165, 1.54) is 11.1 Å². The van der Waals surface area contributed by atoms with Crippen LogP contribution in [0.3, 0.4) is 0 Å². The molecule has 1 rings (SSSR count). The van der Waals surface area contributed by atoms with Gasteiger partial charge in [0.25, 0.3) is 0 Å². The van der Waals surface area contributed by atoms with Crippen LogP contribution < -0.4 is 12.3 Å². The summed E-state index contributed by atoms with van der Waals surface area (Å²) in [6.45, 7) is 8.39. The summed E-state index contributed by atoms with van der Waals surface area (Å²) in [6, 6.07) is 5.99. The molecule has 1 aromatic rings. The van der Waals surface area contributed by atoms with Gasteiger partial charge in [0, 0.05) is 0 Å². The number of hydrogen-bond acceptors (Lipinski definition) is 3. The van der Waals surface area contributed by atoms with Crippen LogP contribution in [0.25, 0.3) is 0 Å². The molecule has 0 aliphatic rings. The maximum atomic E-state index is 9.65. The topological polar surface area (TPSA) is 90.2 Å². The molecule has 0 spiro atoms. The molecule has 6 heteroatoms. The Balaban J connectivity index is -0.000000596. The van der Waals surface area contributed by atoms with Crippen LogP contribution in [0.15, 0.2) is 29.8 Å². The molecule has 0 aliphatic heterocycles. The fraction of sp³-hybridized carbons (Fsp3) is 0.467. The predicted molar refractivity (Wildman–Crippen MR) is 91.7 cm³/mol. The Bertz CT molecular complexity index is 411. The normalized spacial score (nSPS) is 10.4. The van der Waals surface area contributed by atoms with Gasteiger partial charge in [0.1, 0.15) is 5.75 Å². The van der Waals surface area contributed by atoms with E-state index in [9.17, 15) is 5.11 Å². The molecule has 1 atom stereocenters. The van der Waals surface area contributed by atoms with E-state index in [1.807, 2.05) is 19.1 Å². The fourth-order valence-electron chi connectivity index (χ4n) is 1.72. The second-order valence-corrected chi connectivity index (χ2v) is 8.13. The van der Waals surface area contributed by atoms with Crippen molar-refractivity contribution in [3.8, 4) is 5.75 Å². The Morgan fingerprint density at radius 1 is 1.29 bits per heavy atom. The molecule has 0 saturated heterocycles. The van der Waals surface area contributed by atoms with Crippen molar-refractivity contribution in [2.75, 3.05) is 0 Å². The van der Waals surface area contributed by atoms with Crippen LogP contribution in [0.5, 0.6) is 5.75 Å². The first-order chi connectivity index (χ1) is 8.92. The van der Waals surface area contributed by atoms with Gasteiger partial charge in [-0.25, -0.2) is 0 Å². The van der Waals surface area contributed by atoms with E-state index in [1.54, 1.807) is 0 Å². The van der Waals surface area contributed by atoms with Crippen molar-refractivity contribution in [1.29, 1.82) is 0 Å². The average Bonchev–Trinajstić information content (AvgIpc) is 2.33. The summed E-state index contributed by atoms with van der Waals surface area (Å²) in [5.74, 6) is 0.911. The number of aryl methyl sites for hydroxylation is 1. The first kappa shape index (κ1) is 25.9. The summed E-state index contributed by atoms with van der Waals surface area (Å²) >= 11 is -0.472. The molecule has 1 aromatic carbocycles. The predicted octanol–water partition coefficient (Wildman–Crippen LogP) is 6.25. The van der Waals surface area contributed by atoms with E-state index in [0.29, 0.717) is 11.7 Å². The molecule has 21 heavy (non-hydrogen) atoms. The standard InChI is InChI=1S/C15H22O.2ClH.2H3N.Pt/c1-11(2)6-5-7-12(3)14-9-8-13(4)15(16)10-14;;;;;/h6,8-10,12,16H,5,7H2,1-4H3;2*1H;2*1H3;/q;;;;;+2/p-2/t12-;;;;;/m0...../s1. The number of benzene rings is 1. The van der Waals surface area contributed by atoms with E-state index in [2.05, 4.69) is 32.9 Å². The number of hydrogen-bond donors (Lipinski definition) is 3. The van der Waals surface area contributed by atoms with Crippen molar-refractivity contribution >= 4 is 18.8 Å². The Morgan fingerprint density at radius 2 is 1.81 bits per heavy atom. The Hall–Kier alpha value is -0.0517. The summed E-state index contributed by atoms with van der Waals surface area (Å²) in [7, 11) is 9.75. The van der Waals surface area contributed by atoms with Gasteiger partial charge in [-0.1, -0.05) is 30.7 Å². The summed E-state index contributed by atoms with van der Waals surface area (Å²) in [5, 5.41) is 9.65. The van der Waals surface area contributed by atoms with E-state index >= 15 is 0 Å². The van der Waals surface area contributed by atoms with E-state index < -0.39 is 16.5 Å². The van der Waals surface area contributed by atoms with Crippen molar-refractivity contribution < 1.29 is 21.6 Å². The third-order valence-corrected chi connectivity index (χ3v) is 2.95. The fourth-order valence-corrected chi connectivity index (χ4v) is 1.72. The molecule has 0 heterocycles. The Labute approximate surface area is 145 Å². The summed E-state index contributed by atoms with van der Waals surface area (Å²) in [5.41, 5.74) is 3.55. The quantitative estimate of drug-likeness (QED) is 0.412. The number of phenols is 1. The van der Waals surface area contributed by atoms with Crippen molar-refractivity contribution in [3.63, 3.8) is 0 Å². The summed E-state index contributed by atoms with van der Waals surface area (Å²) in [6.07, 6.45) is 4.51. The minimum absolute atomic E-state index is 0. The van der Waals surface area contributed by atoms with Crippen LogP contribution in [0, 0.1) is 6.92 Å². The van der Waals surface area contributed by atoms with Gasteiger partial charge in [-0.05, 0) is 56.7 Å². The average molecular weight is 518 g/mol. The molecule has 0 saturated carbocycles. The molecule has 0 aromatic heterocycles. The SMILES string of the molecule is CC(C)=CCC[C@H](C)c1ccc(C)c(O)c1.N.N.[Cl][Pt][Cl].